The highest BCUT2D eigenvalue weighted by atomic mass is 35.5. The van der Waals surface area contributed by atoms with Crippen LogP contribution in [0.25, 0.3) is 0 Å². The zero-order valence-corrected chi connectivity index (χ0v) is 11.2. The molecule has 0 spiro atoms. The van der Waals surface area contributed by atoms with Gasteiger partial charge >= 0.3 is 0 Å². The highest BCUT2D eigenvalue weighted by Gasteiger charge is 2.35. The van der Waals surface area contributed by atoms with Gasteiger partial charge in [-0.25, -0.2) is 0 Å². The first-order chi connectivity index (χ1) is 8.04. The van der Waals surface area contributed by atoms with Crippen LogP contribution in [-0.2, 0) is 0 Å². The number of nitrogens with zero attached hydrogens (tertiary/aromatic N) is 1. The smallest absolute Gasteiger partial charge is 0.0634 e. The van der Waals surface area contributed by atoms with Gasteiger partial charge < -0.3 is 16.0 Å². The minimum Gasteiger partial charge on any atom is -0.377 e. The van der Waals surface area contributed by atoms with Crippen molar-refractivity contribution >= 4 is 17.3 Å². The maximum absolute atomic E-state index is 6.13. The number of hydrogen-bond acceptors (Lipinski definition) is 3. The Balaban J connectivity index is 2.16. The molecule has 2 rings (SSSR count). The van der Waals surface area contributed by atoms with Gasteiger partial charge in [-0.15, -0.1) is 0 Å². The molecule has 94 valence electrons. The molecule has 1 aliphatic rings. The largest absolute Gasteiger partial charge is 0.377 e. The van der Waals surface area contributed by atoms with Crippen LogP contribution in [0.4, 0.5) is 5.69 Å². The molecule has 1 saturated heterocycles. The van der Waals surface area contributed by atoms with Crippen LogP contribution < -0.4 is 11.1 Å². The van der Waals surface area contributed by atoms with Gasteiger partial charge in [0.1, 0.15) is 0 Å². The first kappa shape index (κ1) is 12.7. The number of halogens is 1. The molecule has 1 aromatic carbocycles. The molecule has 0 aliphatic carbocycles. The Morgan fingerprint density at radius 1 is 1.53 bits per heavy atom. The third-order valence-electron chi connectivity index (χ3n) is 3.52. The van der Waals surface area contributed by atoms with Crippen molar-refractivity contribution < 1.29 is 0 Å². The summed E-state index contributed by atoms with van der Waals surface area (Å²) in [6, 6.07) is 6.08. The number of likely N-dealkylation sites (N-methyl/N-ethyl adjacent to an activating group) is 1. The van der Waals surface area contributed by atoms with E-state index in [0.29, 0.717) is 6.54 Å². The lowest BCUT2D eigenvalue weighted by atomic mass is 9.98. The predicted octanol–water partition coefficient (Wildman–Crippen LogP) is 2.09. The van der Waals surface area contributed by atoms with Crippen LogP contribution in [0.2, 0.25) is 5.02 Å². The first-order valence-electron chi connectivity index (χ1n) is 5.98. The molecular formula is C13H20ClN3. The Hall–Kier alpha value is -0.770. The summed E-state index contributed by atoms with van der Waals surface area (Å²) in [6.07, 6.45) is 1.07. The van der Waals surface area contributed by atoms with Crippen LogP contribution >= 0.6 is 11.6 Å². The van der Waals surface area contributed by atoms with Gasteiger partial charge in [-0.1, -0.05) is 17.7 Å². The summed E-state index contributed by atoms with van der Waals surface area (Å²) in [6.45, 7) is 4.72. The molecule has 3 N–H and O–H groups in total. The van der Waals surface area contributed by atoms with Crippen molar-refractivity contribution in [1.82, 2.24) is 4.90 Å². The number of hydrogen-bond donors (Lipinski definition) is 2. The van der Waals surface area contributed by atoms with E-state index in [1.54, 1.807) is 0 Å². The fourth-order valence-electron chi connectivity index (χ4n) is 2.38. The Morgan fingerprint density at radius 3 is 2.82 bits per heavy atom. The SMILES string of the molecule is Cc1ccc(NC2(CN)CCN(C)C2)cc1Cl. The minimum absolute atomic E-state index is 0.00661. The van der Waals surface area contributed by atoms with Crippen LogP contribution in [-0.4, -0.2) is 37.1 Å². The van der Waals surface area contributed by atoms with Crippen molar-refractivity contribution in [2.75, 3.05) is 32.0 Å². The van der Waals surface area contributed by atoms with E-state index < -0.39 is 0 Å². The monoisotopic (exact) mass is 253 g/mol. The second-order valence-electron chi connectivity index (χ2n) is 5.06. The van der Waals surface area contributed by atoms with Crippen LogP contribution in [0.15, 0.2) is 18.2 Å². The number of nitrogens with one attached hydrogen (secondary N) is 1. The summed E-state index contributed by atoms with van der Waals surface area (Å²) in [4.78, 5) is 2.30. The summed E-state index contributed by atoms with van der Waals surface area (Å²) in [5.74, 6) is 0. The van der Waals surface area contributed by atoms with Gasteiger partial charge in [0.15, 0.2) is 0 Å². The Bertz CT molecular complexity index is 408. The molecule has 1 aliphatic heterocycles. The van der Waals surface area contributed by atoms with Gasteiger partial charge in [0.05, 0.1) is 5.54 Å². The molecule has 0 amide bonds. The summed E-state index contributed by atoms with van der Waals surface area (Å²) >= 11 is 6.13. The number of likely N-dealkylation sites (tertiary alicyclic amines) is 1. The Labute approximate surface area is 108 Å². The van der Waals surface area contributed by atoms with E-state index in [1.165, 1.54) is 0 Å². The molecule has 4 heteroatoms. The molecule has 0 radical (unpaired) electrons. The molecule has 3 nitrogen and oxygen atoms in total. The molecule has 1 unspecified atom stereocenters. The van der Waals surface area contributed by atoms with E-state index in [4.69, 9.17) is 17.3 Å². The lowest BCUT2D eigenvalue weighted by Crippen LogP contribution is -2.47. The molecule has 1 heterocycles. The van der Waals surface area contributed by atoms with Crippen molar-refractivity contribution in [3.63, 3.8) is 0 Å². The highest BCUT2D eigenvalue weighted by molar-refractivity contribution is 6.31. The van der Waals surface area contributed by atoms with Crippen molar-refractivity contribution in [3.05, 3.63) is 28.8 Å². The molecule has 17 heavy (non-hydrogen) atoms. The second-order valence-corrected chi connectivity index (χ2v) is 5.47. The fourth-order valence-corrected chi connectivity index (χ4v) is 2.56. The first-order valence-corrected chi connectivity index (χ1v) is 6.35. The van der Waals surface area contributed by atoms with Gasteiger partial charge in [0.25, 0.3) is 0 Å². The van der Waals surface area contributed by atoms with Crippen LogP contribution in [0, 0.1) is 6.92 Å². The minimum atomic E-state index is -0.00661. The Kier molecular flexibility index (Phi) is 3.61. The zero-order valence-electron chi connectivity index (χ0n) is 10.5. The number of rotatable bonds is 3. The molecule has 0 aromatic heterocycles. The molecule has 1 atom stereocenters. The van der Waals surface area contributed by atoms with Gasteiger partial charge in [-0.3, -0.25) is 0 Å². The van der Waals surface area contributed by atoms with Gasteiger partial charge in [0.2, 0.25) is 0 Å². The maximum atomic E-state index is 6.13. The third kappa shape index (κ3) is 2.73. The molecular weight excluding hydrogens is 234 g/mol. The molecule has 0 bridgehead atoms. The van der Waals surface area contributed by atoms with Crippen molar-refractivity contribution in [3.8, 4) is 0 Å². The quantitative estimate of drug-likeness (QED) is 0.867. The Morgan fingerprint density at radius 2 is 2.29 bits per heavy atom. The molecule has 0 saturated carbocycles. The van der Waals surface area contributed by atoms with Crippen molar-refractivity contribution in [2.24, 2.45) is 5.73 Å². The van der Waals surface area contributed by atoms with Gasteiger partial charge in [-0.2, -0.15) is 0 Å². The number of benzene rings is 1. The van der Waals surface area contributed by atoms with E-state index in [0.717, 1.165) is 35.8 Å². The third-order valence-corrected chi connectivity index (χ3v) is 3.92. The fraction of sp³-hybridized carbons (Fsp3) is 0.538. The van der Waals surface area contributed by atoms with E-state index in [-0.39, 0.29) is 5.54 Å². The topological polar surface area (TPSA) is 41.3 Å². The van der Waals surface area contributed by atoms with E-state index in [1.807, 2.05) is 19.1 Å². The van der Waals surface area contributed by atoms with Crippen LogP contribution in [0.5, 0.6) is 0 Å². The molecule has 1 aromatic rings. The average molecular weight is 254 g/mol. The average Bonchev–Trinajstić information content (AvgIpc) is 2.66. The van der Waals surface area contributed by atoms with E-state index in [2.05, 4.69) is 23.3 Å². The predicted molar refractivity (Wildman–Crippen MR) is 73.7 cm³/mol. The maximum Gasteiger partial charge on any atom is 0.0634 e. The summed E-state index contributed by atoms with van der Waals surface area (Å²) in [5.41, 5.74) is 8.07. The number of aryl methyl sites for hydroxylation is 1. The second kappa shape index (κ2) is 4.84. The summed E-state index contributed by atoms with van der Waals surface area (Å²) in [7, 11) is 2.13. The summed E-state index contributed by atoms with van der Waals surface area (Å²) in [5, 5.41) is 4.35. The standard InChI is InChI=1S/C13H20ClN3/c1-10-3-4-11(7-12(10)14)16-13(8-15)5-6-17(2)9-13/h3-4,7,16H,5-6,8-9,15H2,1-2H3. The lowest BCUT2D eigenvalue weighted by Gasteiger charge is -2.30. The number of anilines is 1. The zero-order chi connectivity index (χ0) is 12.5. The van der Waals surface area contributed by atoms with Crippen LogP contribution in [0.3, 0.4) is 0 Å². The van der Waals surface area contributed by atoms with Crippen molar-refractivity contribution in [1.29, 1.82) is 0 Å². The van der Waals surface area contributed by atoms with Crippen molar-refractivity contribution in [2.45, 2.75) is 18.9 Å². The van der Waals surface area contributed by atoms with Gasteiger partial charge in [-0.05, 0) is 38.1 Å². The summed E-state index contributed by atoms with van der Waals surface area (Å²) < 4.78 is 0. The van der Waals surface area contributed by atoms with E-state index >= 15 is 0 Å². The van der Waals surface area contributed by atoms with Gasteiger partial charge in [0, 0.05) is 30.3 Å². The van der Waals surface area contributed by atoms with Crippen LogP contribution in [0.1, 0.15) is 12.0 Å². The molecule has 1 fully saturated rings. The highest BCUT2D eigenvalue weighted by Crippen LogP contribution is 2.27. The number of nitrogens with two attached hydrogens (primary N) is 1. The normalized spacial score (nSPS) is 25.2. The van der Waals surface area contributed by atoms with E-state index in [9.17, 15) is 0 Å². The lowest BCUT2D eigenvalue weighted by molar-refractivity contribution is 0.385.